The van der Waals surface area contributed by atoms with Crippen molar-refractivity contribution in [1.29, 1.82) is 0 Å². The number of hydrogen-bond acceptors (Lipinski definition) is 2. The molecule has 0 bridgehead atoms. The van der Waals surface area contributed by atoms with Gasteiger partial charge in [0.15, 0.2) is 0 Å². The predicted molar refractivity (Wildman–Crippen MR) is 121 cm³/mol. The number of halogens is 1. The lowest BCUT2D eigenvalue weighted by Gasteiger charge is -2.33. The van der Waals surface area contributed by atoms with E-state index in [2.05, 4.69) is 21.5 Å². The van der Waals surface area contributed by atoms with Gasteiger partial charge in [-0.1, -0.05) is 36.4 Å². The van der Waals surface area contributed by atoms with Gasteiger partial charge in [0.05, 0.1) is 29.8 Å². The Bertz CT molecular complexity index is 1250. The van der Waals surface area contributed by atoms with Crippen LogP contribution in [0.1, 0.15) is 73.3 Å². The smallest absolute Gasteiger partial charge is 0.131 e. The lowest BCUT2D eigenvalue weighted by atomic mass is 9.74. The number of rotatable bonds is 4. The van der Waals surface area contributed by atoms with Gasteiger partial charge in [0, 0.05) is 5.39 Å². The lowest BCUT2D eigenvalue weighted by molar-refractivity contribution is 0.0755. The summed E-state index contributed by atoms with van der Waals surface area (Å²) in [6, 6.07) is 15.7. The van der Waals surface area contributed by atoms with Crippen molar-refractivity contribution in [3.05, 3.63) is 83.7 Å². The Balaban J connectivity index is 1.27. The summed E-state index contributed by atoms with van der Waals surface area (Å²) in [6.45, 7) is 0. The van der Waals surface area contributed by atoms with Crippen molar-refractivity contribution >= 4 is 16.3 Å². The Morgan fingerprint density at radius 2 is 1.52 bits per heavy atom. The van der Waals surface area contributed by atoms with Gasteiger partial charge in [-0.25, -0.2) is 9.37 Å². The number of fused-ring (bicyclic) bond motifs is 2. The molecule has 2 aromatic carbocycles. The van der Waals surface area contributed by atoms with Crippen LogP contribution in [0.3, 0.4) is 0 Å². The van der Waals surface area contributed by atoms with E-state index >= 15 is 0 Å². The average molecular weight is 415 g/mol. The molecule has 6 rings (SSSR count). The molecule has 2 heterocycles. The van der Waals surface area contributed by atoms with Crippen molar-refractivity contribution in [3.63, 3.8) is 0 Å². The third kappa shape index (κ3) is 3.25. The molecular formula is C27H27FN2O. The zero-order valence-electron chi connectivity index (χ0n) is 17.5. The molecule has 0 saturated heterocycles. The minimum absolute atomic E-state index is 0.149. The van der Waals surface area contributed by atoms with Gasteiger partial charge in [0.25, 0.3) is 0 Å². The van der Waals surface area contributed by atoms with E-state index in [9.17, 15) is 9.50 Å². The lowest BCUT2D eigenvalue weighted by Crippen LogP contribution is -2.22. The molecule has 4 aromatic rings. The number of pyridine rings is 1. The van der Waals surface area contributed by atoms with Crippen LogP contribution in [0, 0.1) is 11.7 Å². The molecule has 158 valence electrons. The van der Waals surface area contributed by atoms with Crippen molar-refractivity contribution in [1.82, 2.24) is 9.38 Å². The van der Waals surface area contributed by atoms with Crippen molar-refractivity contribution in [2.24, 2.45) is 5.92 Å². The van der Waals surface area contributed by atoms with Crippen molar-refractivity contribution in [2.75, 3.05) is 0 Å². The molecule has 1 atom stereocenters. The third-order valence-electron chi connectivity index (χ3n) is 7.52. The van der Waals surface area contributed by atoms with Crippen LogP contribution in [-0.4, -0.2) is 14.5 Å². The second kappa shape index (κ2) is 7.45. The molecule has 2 saturated carbocycles. The van der Waals surface area contributed by atoms with E-state index in [4.69, 9.17) is 0 Å². The molecule has 2 aliphatic carbocycles. The molecule has 2 fully saturated rings. The molecule has 0 unspecified atom stereocenters. The van der Waals surface area contributed by atoms with Crippen LogP contribution in [0.4, 0.5) is 4.39 Å². The number of imidazole rings is 1. The molecular weight excluding hydrogens is 387 g/mol. The fourth-order valence-corrected chi connectivity index (χ4v) is 5.69. The van der Waals surface area contributed by atoms with Crippen LogP contribution < -0.4 is 0 Å². The number of aliphatic hydroxyl groups excluding tert-OH is 1. The minimum Gasteiger partial charge on any atom is -0.387 e. The first kappa shape index (κ1) is 19.0. The van der Waals surface area contributed by atoms with E-state index in [-0.39, 0.29) is 11.7 Å². The van der Waals surface area contributed by atoms with Crippen LogP contribution in [0.2, 0.25) is 0 Å². The highest BCUT2D eigenvalue weighted by molar-refractivity contribution is 5.86. The van der Waals surface area contributed by atoms with E-state index < -0.39 is 6.10 Å². The third-order valence-corrected chi connectivity index (χ3v) is 7.52. The van der Waals surface area contributed by atoms with Crippen LogP contribution in [0.5, 0.6) is 0 Å². The second-order valence-electron chi connectivity index (χ2n) is 9.38. The number of nitrogens with zero attached hydrogens (tertiary/aromatic N) is 2. The first-order chi connectivity index (χ1) is 15.2. The highest BCUT2D eigenvalue weighted by Crippen LogP contribution is 2.47. The van der Waals surface area contributed by atoms with Gasteiger partial charge in [-0.2, -0.15) is 0 Å². The summed E-state index contributed by atoms with van der Waals surface area (Å²) in [7, 11) is 0. The molecule has 0 radical (unpaired) electrons. The molecule has 0 amide bonds. The molecule has 31 heavy (non-hydrogen) atoms. The summed E-state index contributed by atoms with van der Waals surface area (Å²) in [5, 5.41) is 13.2. The maximum Gasteiger partial charge on any atom is 0.131 e. The summed E-state index contributed by atoms with van der Waals surface area (Å²) >= 11 is 0. The zero-order valence-corrected chi connectivity index (χ0v) is 17.5. The Hall–Kier alpha value is -2.72. The Morgan fingerprint density at radius 1 is 0.839 bits per heavy atom. The molecule has 2 aromatic heterocycles. The maximum absolute atomic E-state index is 14.3. The van der Waals surface area contributed by atoms with Gasteiger partial charge < -0.3 is 9.51 Å². The van der Waals surface area contributed by atoms with Crippen molar-refractivity contribution in [2.45, 2.75) is 56.5 Å². The van der Waals surface area contributed by atoms with Gasteiger partial charge in [-0.3, -0.25) is 0 Å². The van der Waals surface area contributed by atoms with Gasteiger partial charge in [-0.15, -0.1) is 0 Å². The Labute approximate surface area is 181 Å². The van der Waals surface area contributed by atoms with E-state index in [1.807, 2.05) is 42.9 Å². The Morgan fingerprint density at radius 3 is 2.29 bits per heavy atom. The minimum atomic E-state index is -0.473. The van der Waals surface area contributed by atoms with E-state index in [1.165, 1.54) is 24.0 Å². The number of aromatic nitrogens is 2. The summed E-state index contributed by atoms with van der Waals surface area (Å²) in [5.74, 6) is 1.09. The summed E-state index contributed by atoms with van der Waals surface area (Å²) in [5.41, 5.74) is 4.64. The first-order valence-electron chi connectivity index (χ1n) is 11.5. The first-order valence-corrected chi connectivity index (χ1v) is 11.5. The quantitative estimate of drug-likeness (QED) is 0.413. The van der Waals surface area contributed by atoms with Crippen molar-refractivity contribution in [3.8, 4) is 0 Å². The summed E-state index contributed by atoms with van der Waals surface area (Å²) < 4.78 is 16.4. The largest absolute Gasteiger partial charge is 0.387 e. The molecule has 0 aliphatic heterocycles. The number of benzene rings is 2. The van der Waals surface area contributed by atoms with Crippen LogP contribution in [0.15, 0.2) is 61.1 Å². The van der Waals surface area contributed by atoms with Crippen LogP contribution in [0.25, 0.3) is 16.3 Å². The number of hydrogen-bond donors (Lipinski definition) is 1. The van der Waals surface area contributed by atoms with Crippen molar-refractivity contribution < 1.29 is 9.50 Å². The van der Waals surface area contributed by atoms with Gasteiger partial charge in [0.2, 0.25) is 0 Å². The van der Waals surface area contributed by atoms with Gasteiger partial charge in [-0.05, 0) is 84.9 Å². The molecule has 2 aliphatic rings. The topological polar surface area (TPSA) is 37.5 Å². The average Bonchev–Trinajstić information content (AvgIpc) is 3.55. The second-order valence-corrected chi connectivity index (χ2v) is 9.38. The molecule has 0 spiro atoms. The predicted octanol–water partition coefficient (Wildman–Crippen LogP) is 6.51. The monoisotopic (exact) mass is 414 g/mol. The fourth-order valence-electron chi connectivity index (χ4n) is 5.69. The summed E-state index contributed by atoms with van der Waals surface area (Å²) in [4.78, 5) is 4.32. The van der Waals surface area contributed by atoms with Gasteiger partial charge in [0.1, 0.15) is 5.82 Å². The van der Waals surface area contributed by atoms with Crippen LogP contribution in [-0.2, 0) is 0 Å². The molecule has 4 heteroatoms. The van der Waals surface area contributed by atoms with Gasteiger partial charge >= 0.3 is 0 Å². The molecule has 1 N–H and O–H groups in total. The maximum atomic E-state index is 14.3. The molecule has 3 nitrogen and oxygen atoms in total. The standard InChI is InChI=1S/C27H27FN2O/c28-25-14-13-21(23-3-1-2-4-24(23)25)17-7-9-19(10-8-17)27(31)26-22(18-5-6-18)12-11-20-15-29-16-30(20)26/h1-4,11-19,27,31H,5-10H2/t17?,19?,27-/m0/s1. The highest BCUT2D eigenvalue weighted by atomic mass is 19.1. The van der Waals surface area contributed by atoms with E-state index in [0.717, 1.165) is 42.3 Å². The number of aliphatic hydroxyl groups is 1. The SMILES string of the molecule is O[C@H](c1c(C2CC2)ccc2cncn12)C1CCC(c2ccc(F)c3ccccc23)CC1. The Kier molecular flexibility index (Phi) is 4.57. The normalized spacial score (nSPS) is 22.8. The van der Waals surface area contributed by atoms with Crippen LogP contribution >= 0.6 is 0 Å². The zero-order chi connectivity index (χ0) is 20.9. The fraction of sp³-hybridized carbons (Fsp3) is 0.370. The van der Waals surface area contributed by atoms with E-state index in [1.54, 1.807) is 6.07 Å². The highest BCUT2D eigenvalue weighted by Gasteiger charge is 2.34. The van der Waals surface area contributed by atoms with E-state index in [0.29, 0.717) is 17.2 Å². The summed E-state index contributed by atoms with van der Waals surface area (Å²) in [6.07, 6.45) is 9.67.